The number of rotatable bonds is 3. The van der Waals surface area contributed by atoms with E-state index in [9.17, 15) is 4.79 Å². The number of carbonyl (C=O) groups excluding carboxylic acids is 1. The lowest BCUT2D eigenvalue weighted by Crippen LogP contribution is -2.16. The number of fused-ring (bicyclic) bond motifs is 1. The van der Waals surface area contributed by atoms with Crippen molar-refractivity contribution in [3.8, 4) is 0 Å². The first-order valence-electron chi connectivity index (χ1n) is 6.65. The van der Waals surface area contributed by atoms with Crippen LogP contribution in [-0.2, 0) is 0 Å². The van der Waals surface area contributed by atoms with Crippen molar-refractivity contribution in [3.05, 3.63) is 70.8 Å². The Kier molecular flexibility index (Phi) is 4.36. The number of hydrogen-bond donors (Lipinski definition) is 1. The molecule has 0 saturated carbocycles. The number of thioether (sulfide) groups is 2. The number of para-hydroxylation sites is 1. The molecule has 4 heteroatoms. The van der Waals surface area contributed by atoms with E-state index >= 15 is 0 Å². The Bertz CT molecular complexity index is 695. The molecule has 1 aliphatic rings. The van der Waals surface area contributed by atoms with Gasteiger partial charge in [-0.05, 0) is 30.5 Å². The predicted octanol–water partition coefficient (Wildman–Crippen LogP) is 4.66. The van der Waals surface area contributed by atoms with E-state index in [2.05, 4.69) is 5.32 Å². The summed E-state index contributed by atoms with van der Waals surface area (Å²) >= 11 is 3.31. The number of benzene rings is 2. The summed E-state index contributed by atoms with van der Waals surface area (Å²) in [5.41, 5.74) is 2.67. The Morgan fingerprint density at radius 1 is 1.10 bits per heavy atom. The van der Waals surface area contributed by atoms with Crippen LogP contribution in [0.3, 0.4) is 0 Å². The Balaban J connectivity index is 1.95. The van der Waals surface area contributed by atoms with Gasteiger partial charge < -0.3 is 5.32 Å². The fourth-order valence-electron chi connectivity index (χ4n) is 2.23. The second kappa shape index (κ2) is 6.41. The zero-order valence-electron chi connectivity index (χ0n) is 11.6. The van der Waals surface area contributed by atoms with Crippen LogP contribution in [-0.4, -0.2) is 17.8 Å². The van der Waals surface area contributed by atoms with E-state index in [1.807, 2.05) is 60.9 Å². The SMILES string of the molecule is CS/C(Nc1ccccc1)=C1/CSc2ccccc2C1=O. The Hall–Kier alpha value is -1.65. The maximum atomic E-state index is 12.7. The lowest BCUT2D eigenvalue weighted by molar-refractivity contribution is 0.103. The Labute approximate surface area is 133 Å². The molecule has 0 aromatic heterocycles. The van der Waals surface area contributed by atoms with Gasteiger partial charge in [-0.3, -0.25) is 4.79 Å². The van der Waals surface area contributed by atoms with Crippen LogP contribution < -0.4 is 5.32 Å². The molecule has 2 aromatic rings. The molecule has 0 atom stereocenters. The zero-order valence-corrected chi connectivity index (χ0v) is 13.3. The molecule has 1 aliphatic heterocycles. The lowest BCUT2D eigenvalue weighted by Gasteiger charge is -2.20. The third kappa shape index (κ3) is 3.01. The number of nitrogens with one attached hydrogen (secondary N) is 1. The van der Waals surface area contributed by atoms with Gasteiger partial charge >= 0.3 is 0 Å². The predicted molar refractivity (Wildman–Crippen MR) is 92.1 cm³/mol. The molecule has 0 fully saturated rings. The van der Waals surface area contributed by atoms with Crippen LogP contribution >= 0.6 is 23.5 Å². The molecule has 0 bridgehead atoms. The summed E-state index contributed by atoms with van der Waals surface area (Å²) in [6.45, 7) is 0. The van der Waals surface area contributed by atoms with Gasteiger partial charge in [0.2, 0.25) is 0 Å². The summed E-state index contributed by atoms with van der Waals surface area (Å²) in [4.78, 5) is 13.8. The first-order chi connectivity index (χ1) is 10.3. The Morgan fingerprint density at radius 2 is 1.81 bits per heavy atom. The van der Waals surface area contributed by atoms with Crippen molar-refractivity contribution < 1.29 is 4.79 Å². The maximum absolute atomic E-state index is 12.7. The highest BCUT2D eigenvalue weighted by Crippen LogP contribution is 2.35. The smallest absolute Gasteiger partial charge is 0.193 e. The summed E-state index contributed by atoms with van der Waals surface area (Å²) < 4.78 is 0. The molecule has 0 saturated heterocycles. The van der Waals surface area contributed by atoms with Gasteiger partial charge in [0, 0.05) is 27.5 Å². The van der Waals surface area contributed by atoms with Gasteiger partial charge in [0.15, 0.2) is 5.78 Å². The summed E-state index contributed by atoms with van der Waals surface area (Å²) in [6, 6.07) is 17.8. The molecule has 0 unspecified atom stereocenters. The average Bonchev–Trinajstić information content (AvgIpc) is 2.55. The van der Waals surface area contributed by atoms with E-state index in [0.29, 0.717) is 5.75 Å². The molecule has 2 aromatic carbocycles. The molecule has 0 aliphatic carbocycles. The molecular weight excluding hydrogens is 298 g/mol. The van der Waals surface area contributed by atoms with Crippen LogP contribution in [0.4, 0.5) is 5.69 Å². The Morgan fingerprint density at radius 3 is 2.57 bits per heavy atom. The molecule has 0 amide bonds. The van der Waals surface area contributed by atoms with Gasteiger partial charge in [-0.25, -0.2) is 0 Å². The molecule has 0 radical (unpaired) electrons. The van der Waals surface area contributed by atoms with Gasteiger partial charge in [-0.2, -0.15) is 0 Å². The van der Waals surface area contributed by atoms with Crippen LogP contribution in [0.25, 0.3) is 0 Å². The highest BCUT2D eigenvalue weighted by atomic mass is 32.2. The summed E-state index contributed by atoms with van der Waals surface area (Å²) in [5.74, 6) is 0.850. The zero-order chi connectivity index (χ0) is 14.7. The van der Waals surface area contributed by atoms with E-state index in [0.717, 1.165) is 26.7 Å². The molecule has 106 valence electrons. The van der Waals surface area contributed by atoms with Crippen molar-refractivity contribution in [2.24, 2.45) is 0 Å². The molecule has 1 N–H and O–H groups in total. The van der Waals surface area contributed by atoms with Gasteiger partial charge in [0.1, 0.15) is 0 Å². The number of Topliss-reactive ketones (excluding diaryl/α,β-unsaturated/α-hetero) is 1. The lowest BCUT2D eigenvalue weighted by atomic mass is 10.0. The van der Waals surface area contributed by atoms with Crippen molar-refractivity contribution in [1.82, 2.24) is 0 Å². The molecule has 21 heavy (non-hydrogen) atoms. The van der Waals surface area contributed by atoms with Crippen molar-refractivity contribution in [2.75, 3.05) is 17.3 Å². The van der Waals surface area contributed by atoms with E-state index in [1.165, 1.54) is 0 Å². The average molecular weight is 313 g/mol. The minimum Gasteiger partial charge on any atom is -0.350 e. The fraction of sp³-hybridized carbons (Fsp3) is 0.118. The normalized spacial score (nSPS) is 16.3. The van der Waals surface area contributed by atoms with Crippen LogP contribution in [0.2, 0.25) is 0 Å². The van der Waals surface area contributed by atoms with Gasteiger partial charge in [-0.15, -0.1) is 23.5 Å². The first-order valence-corrected chi connectivity index (χ1v) is 8.86. The van der Waals surface area contributed by atoms with Crippen molar-refractivity contribution >= 4 is 35.0 Å². The quantitative estimate of drug-likeness (QED) is 0.834. The second-order valence-corrected chi connectivity index (χ2v) is 6.45. The number of hydrogen-bond acceptors (Lipinski definition) is 4. The molecule has 1 heterocycles. The van der Waals surface area contributed by atoms with Gasteiger partial charge in [0.25, 0.3) is 0 Å². The minimum atomic E-state index is 0.136. The summed E-state index contributed by atoms with van der Waals surface area (Å²) in [6.07, 6.45) is 2.00. The van der Waals surface area contributed by atoms with Crippen LogP contribution in [0.1, 0.15) is 10.4 Å². The highest BCUT2D eigenvalue weighted by Gasteiger charge is 2.25. The minimum absolute atomic E-state index is 0.136. The van der Waals surface area contributed by atoms with Crippen LogP contribution in [0, 0.1) is 0 Å². The van der Waals surface area contributed by atoms with E-state index in [4.69, 9.17) is 0 Å². The first kappa shape index (κ1) is 14.3. The summed E-state index contributed by atoms with van der Waals surface area (Å²) in [5, 5.41) is 4.31. The maximum Gasteiger partial charge on any atom is 0.193 e. The highest BCUT2D eigenvalue weighted by molar-refractivity contribution is 8.02. The van der Waals surface area contributed by atoms with Crippen molar-refractivity contribution in [3.63, 3.8) is 0 Å². The van der Waals surface area contributed by atoms with E-state index in [1.54, 1.807) is 23.5 Å². The van der Waals surface area contributed by atoms with Crippen LogP contribution in [0.15, 0.2) is 70.1 Å². The topological polar surface area (TPSA) is 29.1 Å². The monoisotopic (exact) mass is 313 g/mol. The standard InChI is InChI=1S/C17H15NOS2/c1-20-17(18-12-7-3-2-4-8-12)14-11-21-15-10-6-5-9-13(15)16(14)19/h2-10,18H,11H2,1H3/b17-14-. The largest absolute Gasteiger partial charge is 0.350 e. The van der Waals surface area contributed by atoms with E-state index < -0.39 is 0 Å². The third-order valence-electron chi connectivity index (χ3n) is 3.29. The van der Waals surface area contributed by atoms with Crippen molar-refractivity contribution in [2.45, 2.75) is 4.90 Å². The number of carbonyl (C=O) groups is 1. The van der Waals surface area contributed by atoms with Crippen molar-refractivity contribution in [1.29, 1.82) is 0 Å². The molecule has 3 rings (SSSR count). The fourth-order valence-corrected chi connectivity index (χ4v) is 4.02. The number of anilines is 1. The van der Waals surface area contributed by atoms with Gasteiger partial charge in [0.05, 0.1) is 5.03 Å². The van der Waals surface area contributed by atoms with Gasteiger partial charge in [-0.1, -0.05) is 30.3 Å². The summed E-state index contributed by atoms with van der Waals surface area (Å²) in [7, 11) is 0. The number of ketones is 1. The molecular formula is C17H15NOS2. The molecule has 2 nitrogen and oxygen atoms in total. The third-order valence-corrected chi connectivity index (χ3v) is 5.14. The molecule has 0 spiro atoms. The van der Waals surface area contributed by atoms with E-state index in [-0.39, 0.29) is 5.78 Å². The van der Waals surface area contributed by atoms with Crippen LogP contribution in [0.5, 0.6) is 0 Å². The second-order valence-electron chi connectivity index (χ2n) is 4.62.